The Morgan fingerprint density at radius 3 is 2.50 bits per heavy atom. The van der Waals surface area contributed by atoms with Crippen molar-refractivity contribution in [1.82, 2.24) is 14.8 Å². The number of benzene rings is 1. The second-order valence-corrected chi connectivity index (χ2v) is 6.40. The van der Waals surface area contributed by atoms with Crippen molar-refractivity contribution in [3.05, 3.63) is 48.7 Å². The maximum absolute atomic E-state index is 6.17. The van der Waals surface area contributed by atoms with Crippen molar-refractivity contribution in [3.8, 4) is 0 Å². The fourth-order valence-electron chi connectivity index (χ4n) is 3.12. The molecule has 2 heterocycles. The average molecular weight is 325 g/mol. The molecule has 1 saturated heterocycles. The third-order valence-electron chi connectivity index (χ3n) is 4.59. The Hall–Kier alpha value is -2.11. The summed E-state index contributed by atoms with van der Waals surface area (Å²) in [6, 6.07) is 14.2. The van der Waals surface area contributed by atoms with Crippen molar-refractivity contribution >= 4 is 17.2 Å². The van der Waals surface area contributed by atoms with Crippen LogP contribution in [-0.4, -0.2) is 61.1 Å². The highest BCUT2D eigenvalue weighted by atomic mass is 15.2. The minimum Gasteiger partial charge on any atom is -0.396 e. The van der Waals surface area contributed by atoms with E-state index in [1.54, 1.807) is 0 Å². The highest BCUT2D eigenvalue weighted by Crippen LogP contribution is 2.28. The largest absolute Gasteiger partial charge is 0.396 e. The molecule has 0 saturated carbocycles. The van der Waals surface area contributed by atoms with Crippen molar-refractivity contribution in [3.63, 3.8) is 0 Å². The van der Waals surface area contributed by atoms with E-state index in [9.17, 15) is 0 Å². The summed E-state index contributed by atoms with van der Waals surface area (Å²) in [5.74, 6) is 0.849. The van der Waals surface area contributed by atoms with Gasteiger partial charge in [-0.2, -0.15) is 0 Å². The van der Waals surface area contributed by atoms with E-state index in [0.29, 0.717) is 0 Å². The molecule has 1 aliphatic rings. The molecule has 1 aromatic heterocycles. The molecule has 2 aromatic rings. The summed E-state index contributed by atoms with van der Waals surface area (Å²) in [6.07, 6.45) is 2.90. The highest BCUT2D eigenvalue weighted by Gasteiger charge is 2.16. The number of likely N-dealkylation sites (N-methyl/N-ethyl adjacent to an activating group) is 1. The summed E-state index contributed by atoms with van der Waals surface area (Å²) in [5.41, 5.74) is 8.03. The van der Waals surface area contributed by atoms with Crippen LogP contribution < -0.4 is 10.6 Å². The maximum atomic E-state index is 6.17. The molecule has 0 unspecified atom stereocenters. The average Bonchev–Trinajstić information content (AvgIpc) is 2.62. The van der Waals surface area contributed by atoms with E-state index in [4.69, 9.17) is 5.73 Å². The SMILES string of the molecule is CN1CCN(CCCN(c2ccccc2)c2ncccc2N)CC1. The van der Waals surface area contributed by atoms with Gasteiger partial charge in [0.1, 0.15) is 0 Å². The quantitative estimate of drug-likeness (QED) is 0.884. The molecule has 5 heteroatoms. The second kappa shape index (κ2) is 8.13. The topological polar surface area (TPSA) is 48.6 Å². The van der Waals surface area contributed by atoms with Gasteiger partial charge < -0.3 is 20.4 Å². The van der Waals surface area contributed by atoms with Crippen LogP contribution in [0.25, 0.3) is 0 Å². The zero-order chi connectivity index (χ0) is 16.8. The number of nitrogens with zero attached hydrogens (tertiary/aromatic N) is 4. The van der Waals surface area contributed by atoms with E-state index in [-0.39, 0.29) is 0 Å². The maximum Gasteiger partial charge on any atom is 0.156 e. The number of anilines is 3. The Balaban J connectivity index is 1.66. The Bertz CT molecular complexity index is 623. The van der Waals surface area contributed by atoms with E-state index in [0.717, 1.165) is 62.9 Å². The number of hydrogen-bond acceptors (Lipinski definition) is 5. The van der Waals surface area contributed by atoms with Crippen LogP contribution in [0.5, 0.6) is 0 Å². The molecule has 0 bridgehead atoms. The Kier molecular flexibility index (Phi) is 5.67. The Morgan fingerprint density at radius 2 is 1.79 bits per heavy atom. The van der Waals surface area contributed by atoms with E-state index < -0.39 is 0 Å². The first-order valence-corrected chi connectivity index (χ1v) is 8.68. The van der Waals surface area contributed by atoms with E-state index in [1.807, 2.05) is 24.4 Å². The van der Waals surface area contributed by atoms with Gasteiger partial charge in [-0.15, -0.1) is 0 Å². The fourth-order valence-corrected chi connectivity index (χ4v) is 3.12. The molecule has 1 aromatic carbocycles. The first-order valence-electron chi connectivity index (χ1n) is 8.68. The predicted molar refractivity (Wildman–Crippen MR) is 101 cm³/mol. The number of rotatable bonds is 6. The molecule has 128 valence electrons. The molecule has 5 nitrogen and oxygen atoms in total. The van der Waals surface area contributed by atoms with Crippen LogP contribution in [0.2, 0.25) is 0 Å². The molecule has 0 amide bonds. The van der Waals surface area contributed by atoms with Crippen LogP contribution >= 0.6 is 0 Å². The molecule has 24 heavy (non-hydrogen) atoms. The van der Waals surface area contributed by atoms with E-state index in [2.05, 4.69) is 51.0 Å². The van der Waals surface area contributed by atoms with Crippen molar-refractivity contribution in [2.45, 2.75) is 6.42 Å². The van der Waals surface area contributed by atoms with Crippen LogP contribution in [0.4, 0.5) is 17.2 Å². The molecule has 3 rings (SSSR count). The summed E-state index contributed by atoms with van der Waals surface area (Å²) < 4.78 is 0. The Morgan fingerprint density at radius 1 is 1.04 bits per heavy atom. The monoisotopic (exact) mass is 325 g/mol. The minimum atomic E-state index is 0.723. The van der Waals surface area contributed by atoms with E-state index >= 15 is 0 Å². The lowest BCUT2D eigenvalue weighted by Gasteiger charge is -2.33. The van der Waals surface area contributed by atoms with Crippen LogP contribution in [0.1, 0.15) is 6.42 Å². The van der Waals surface area contributed by atoms with Gasteiger partial charge in [0.15, 0.2) is 5.82 Å². The molecule has 2 N–H and O–H groups in total. The van der Waals surface area contributed by atoms with Gasteiger partial charge in [0.2, 0.25) is 0 Å². The first kappa shape index (κ1) is 16.7. The summed E-state index contributed by atoms with van der Waals surface area (Å²) >= 11 is 0. The number of aromatic nitrogens is 1. The number of pyridine rings is 1. The summed E-state index contributed by atoms with van der Waals surface area (Å²) in [5, 5.41) is 0. The molecule has 1 aliphatic heterocycles. The molecular formula is C19H27N5. The van der Waals surface area contributed by atoms with Gasteiger partial charge in [-0.1, -0.05) is 18.2 Å². The standard InChI is InChI=1S/C19H27N5/c1-22-13-15-23(16-14-22)11-6-12-24(17-7-3-2-4-8-17)19-18(20)9-5-10-21-19/h2-5,7-10H,6,11-16,20H2,1H3. The van der Waals surface area contributed by atoms with Crippen molar-refractivity contribution in [2.75, 3.05) is 56.9 Å². The zero-order valence-electron chi connectivity index (χ0n) is 14.4. The molecule has 0 spiro atoms. The van der Waals surface area contributed by atoms with Crippen molar-refractivity contribution in [2.24, 2.45) is 0 Å². The third-order valence-corrected chi connectivity index (χ3v) is 4.59. The van der Waals surface area contributed by atoms with Gasteiger partial charge in [0, 0.05) is 44.6 Å². The van der Waals surface area contributed by atoms with E-state index in [1.165, 1.54) is 0 Å². The van der Waals surface area contributed by atoms with Crippen molar-refractivity contribution < 1.29 is 0 Å². The number of hydrogen-bond donors (Lipinski definition) is 1. The van der Waals surface area contributed by atoms with Crippen LogP contribution in [0, 0.1) is 0 Å². The molecule has 1 fully saturated rings. The summed E-state index contributed by atoms with van der Waals surface area (Å²) in [7, 11) is 2.19. The van der Waals surface area contributed by atoms with Gasteiger partial charge in [-0.3, -0.25) is 0 Å². The summed E-state index contributed by atoms with van der Waals surface area (Å²) in [6.45, 7) is 6.67. The van der Waals surface area contributed by atoms with Crippen LogP contribution in [0.3, 0.4) is 0 Å². The number of para-hydroxylation sites is 1. The van der Waals surface area contributed by atoms with Gasteiger partial charge >= 0.3 is 0 Å². The van der Waals surface area contributed by atoms with Gasteiger partial charge in [0.25, 0.3) is 0 Å². The zero-order valence-corrected chi connectivity index (χ0v) is 14.4. The molecule has 0 aliphatic carbocycles. The second-order valence-electron chi connectivity index (χ2n) is 6.40. The number of piperazine rings is 1. The fraction of sp³-hybridized carbons (Fsp3) is 0.421. The lowest BCUT2D eigenvalue weighted by Crippen LogP contribution is -2.45. The van der Waals surface area contributed by atoms with Crippen molar-refractivity contribution in [1.29, 1.82) is 0 Å². The molecule has 0 radical (unpaired) electrons. The smallest absolute Gasteiger partial charge is 0.156 e. The summed E-state index contributed by atoms with van der Waals surface area (Å²) in [4.78, 5) is 11.7. The third kappa shape index (κ3) is 4.24. The first-order chi connectivity index (χ1) is 11.7. The normalized spacial score (nSPS) is 16.2. The minimum absolute atomic E-state index is 0.723. The lowest BCUT2D eigenvalue weighted by atomic mass is 10.2. The highest BCUT2D eigenvalue weighted by molar-refractivity contribution is 5.70. The lowest BCUT2D eigenvalue weighted by molar-refractivity contribution is 0.153. The van der Waals surface area contributed by atoms with Crippen LogP contribution in [-0.2, 0) is 0 Å². The van der Waals surface area contributed by atoms with Gasteiger partial charge in [0.05, 0.1) is 5.69 Å². The van der Waals surface area contributed by atoms with Gasteiger partial charge in [-0.05, 0) is 44.3 Å². The Labute approximate surface area is 144 Å². The number of nitrogen functional groups attached to an aromatic ring is 1. The predicted octanol–water partition coefficient (Wildman–Crippen LogP) is 2.44. The number of nitrogens with two attached hydrogens (primary N) is 1. The molecular weight excluding hydrogens is 298 g/mol. The molecule has 0 atom stereocenters. The van der Waals surface area contributed by atoms with Crippen LogP contribution in [0.15, 0.2) is 48.7 Å². The van der Waals surface area contributed by atoms with Gasteiger partial charge in [-0.25, -0.2) is 4.98 Å².